The van der Waals surface area contributed by atoms with Crippen LogP contribution in [0.4, 0.5) is 0 Å². The molecule has 0 aliphatic rings. The molecular formula is C13H10Cl2O2. The van der Waals surface area contributed by atoms with Gasteiger partial charge < -0.3 is 4.42 Å². The molecule has 0 fully saturated rings. The molecule has 4 heteroatoms. The lowest BCUT2D eigenvalue weighted by Crippen LogP contribution is -2.10. The van der Waals surface area contributed by atoms with Crippen LogP contribution in [0.3, 0.4) is 0 Å². The van der Waals surface area contributed by atoms with Crippen LogP contribution < -0.4 is 5.43 Å². The first-order valence-corrected chi connectivity index (χ1v) is 5.85. The van der Waals surface area contributed by atoms with Crippen molar-refractivity contribution in [1.29, 1.82) is 0 Å². The molecule has 0 saturated carbocycles. The van der Waals surface area contributed by atoms with Crippen molar-refractivity contribution in [2.45, 2.75) is 13.3 Å². The van der Waals surface area contributed by atoms with E-state index in [4.69, 9.17) is 27.6 Å². The minimum absolute atomic E-state index is 0.0651. The molecule has 0 radical (unpaired) electrons. The second-order valence-corrected chi connectivity index (χ2v) is 4.51. The van der Waals surface area contributed by atoms with E-state index in [1.54, 1.807) is 25.1 Å². The van der Waals surface area contributed by atoms with Crippen LogP contribution >= 0.6 is 23.2 Å². The van der Waals surface area contributed by atoms with Crippen LogP contribution in [-0.4, -0.2) is 0 Å². The molecule has 2 nitrogen and oxygen atoms in total. The molecule has 0 spiro atoms. The van der Waals surface area contributed by atoms with Gasteiger partial charge in [0.25, 0.3) is 0 Å². The lowest BCUT2D eigenvalue weighted by molar-refractivity contribution is 0.507. The lowest BCUT2D eigenvalue weighted by Gasteiger charge is -2.07. The van der Waals surface area contributed by atoms with E-state index in [9.17, 15) is 4.79 Å². The number of rotatable bonds is 2. The van der Waals surface area contributed by atoms with Crippen LogP contribution in [0.2, 0.25) is 10.0 Å². The quantitative estimate of drug-likeness (QED) is 0.829. The number of benzene rings is 1. The van der Waals surface area contributed by atoms with E-state index in [-0.39, 0.29) is 5.43 Å². The molecule has 2 rings (SSSR count). The molecule has 0 saturated heterocycles. The van der Waals surface area contributed by atoms with Crippen LogP contribution in [0, 0.1) is 6.92 Å². The summed E-state index contributed by atoms with van der Waals surface area (Å²) in [6.45, 7) is 1.75. The Labute approximate surface area is 109 Å². The predicted octanol–water partition coefficient (Wildman–Crippen LogP) is 3.85. The highest BCUT2D eigenvalue weighted by atomic mass is 35.5. The van der Waals surface area contributed by atoms with Gasteiger partial charge >= 0.3 is 0 Å². The van der Waals surface area contributed by atoms with Gasteiger partial charge in [0, 0.05) is 28.1 Å². The van der Waals surface area contributed by atoms with Crippen molar-refractivity contribution in [3.63, 3.8) is 0 Å². The summed E-state index contributed by atoms with van der Waals surface area (Å²) in [6.07, 6.45) is 1.77. The molecule has 88 valence electrons. The molecule has 0 bridgehead atoms. The standard InChI is InChI=1S/C13H10Cl2O2/c1-8-9(13(16)5-6-17-8)7-10-11(14)3-2-4-12(10)15/h2-6H,7H2,1H3. The fourth-order valence-corrected chi connectivity index (χ4v) is 2.16. The highest BCUT2D eigenvalue weighted by Crippen LogP contribution is 2.26. The third-order valence-electron chi connectivity index (χ3n) is 2.60. The summed E-state index contributed by atoms with van der Waals surface area (Å²) in [5.41, 5.74) is 1.27. The molecule has 2 aromatic rings. The van der Waals surface area contributed by atoms with E-state index in [1.165, 1.54) is 12.3 Å². The second-order valence-electron chi connectivity index (χ2n) is 3.70. The molecule has 1 heterocycles. The number of halogens is 2. The third kappa shape index (κ3) is 2.54. The average Bonchev–Trinajstić information content (AvgIpc) is 2.27. The zero-order valence-electron chi connectivity index (χ0n) is 9.17. The summed E-state index contributed by atoms with van der Waals surface area (Å²) in [4.78, 5) is 11.7. The molecule has 0 unspecified atom stereocenters. The fraction of sp³-hybridized carbons (Fsp3) is 0.154. The Kier molecular flexibility index (Phi) is 3.55. The Morgan fingerprint density at radius 3 is 2.35 bits per heavy atom. The first kappa shape index (κ1) is 12.2. The molecular weight excluding hydrogens is 259 g/mol. The van der Waals surface area contributed by atoms with E-state index >= 15 is 0 Å². The van der Waals surface area contributed by atoms with Crippen LogP contribution in [0.25, 0.3) is 0 Å². The Morgan fingerprint density at radius 2 is 1.76 bits per heavy atom. The van der Waals surface area contributed by atoms with Crippen LogP contribution in [0.1, 0.15) is 16.9 Å². The zero-order chi connectivity index (χ0) is 12.4. The molecule has 0 aliphatic heterocycles. The summed E-state index contributed by atoms with van der Waals surface area (Å²) in [5.74, 6) is 0.591. The van der Waals surface area contributed by atoms with E-state index in [0.29, 0.717) is 27.8 Å². The Morgan fingerprint density at radius 1 is 1.12 bits per heavy atom. The van der Waals surface area contributed by atoms with Gasteiger partial charge in [0.05, 0.1) is 6.26 Å². The molecule has 0 atom stereocenters. The van der Waals surface area contributed by atoms with E-state index in [2.05, 4.69) is 0 Å². The van der Waals surface area contributed by atoms with E-state index in [1.807, 2.05) is 0 Å². The minimum atomic E-state index is -0.0651. The van der Waals surface area contributed by atoms with Gasteiger partial charge in [-0.3, -0.25) is 4.79 Å². The van der Waals surface area contributed by atoms with Gasteiger partial charge in [0.15, 0.2) is 5.43 Å². The Balaban J connectivity index is 2.49. The van der Waals surface area contributed by atoms with Crippen LogP contribution in [-0.2, 0) is 6.42 Å². The predicted molar refractivity (Wildman–Crippen MR) is 69.0 cm³/mol. The molecule has 1 aromatic carbocycles. The van der Waals surface area contributed by atoms with Gasteiger partial charge in [-0.15, -0.1) is 0 Å². The van der Waals surface area contributed by atoms with Gasteiger partial charge in [-0.2, -0.15) is 0 Å². The normalized spacial score (nSPS) is 10.5. The van der Waals surface area contributed by atoms with Crippen molar-refractivity contribution in [2.75, 3.05) is 0 Å². The summed E-state index contributed by atoms with van der Waals surface area (Å²) in [7, 11) is 0. The molecule has 0 amide bonds. The van der Waals surface area contributed by atoms with Crippen molar-refractivity contribution in [1.82, 2.24) is 0 Å². The fourth-order valence-electron chi connectivity index (χ4n) is 1.63. The van der Waals surface area contributed by atoms with Crippen molar-refractivity contribution in [3.05, 3.63) is 67.7 Å². The summed E-state index contributed by atoms with van der Waals surface area (Å²) < 4.78 is 5.20. The van der Waals surface area contributed by atoms with Crippen molar-refractivity contribution in [3.8, 4) is 0 Å². The smallest absolute Gasteiger partial charge is 0.188 e. The molecule has 17 heavy (non-hydrogen) atoms. The number of hydrogen-bond acceptors (Lipinski definition) is 2. The third-order valence-corrected chi connectivity index (χ3v) is 3.31. The maximum absolute atomic E-state index is 11.7. The maximum atomic E-state index is 11.7. The summed E-state index contributed by atoms with van der Waals surface area (Å²) in [6, 6.07) is 6.67. The van der Waals surface area contributed by atoms with Crippen LogP contribution in [0.15, 0.2) is 39.7 Å². The number of hydrogen-bond donors (Lipinski definition) is 0. The first-order chi connectivity index (χ1) is 8.09. The zero-order valence-corrected chi connectivity index (χ0v) is 10.7. The largest absolute Gasteiger partial charge is 0.469 e. The monoisotopic (exact) mass is 268 g/mol. The SMILES string of the molecule is Cc1occc(=O)c1Cc1c(Cl)cccc1Cl. The number of aryl methyl sites for hydroxylation is 1. The van der Waals surface area contributed by atoms with Crippen molar-refractivity contribution < 1.29 is 4.42 Å². The minimum Gasteiger partial charge on any atom is -0.469 e. The van der Waals surface area contributed by atoms with Crippen molar-refractivity contribution >= 4 is 23.2 Å². The Bertz CT molecular complexity index is 582. The summed E-state index contributed by atoms with van der Waals surface area (Å²) in [5, 5.41) is 1.11. The van der Waals surface area contributed by atoms with Gasteiger partial charge in [-0.25, -0.2) is 0 Å². The average molecular weight is 269 g/mol. The second kappa shape index (κ2) is 4.94. The topological polar surface area (TPSA) is 30.2 Å². The molecule has 1 aromatic heterocycles. The van der Waals surface area contributed by atoms with Gasteiger partial charge in [-0.1, -0.05) is 29.3 Å². The van der Waals surface area contributed by atoms with Gasteiger partial charge in [0.1, 0.15) is 5.76 Å². The highest BCUT2D eigenvalue weighted by Gasteiger charge is 2.11. The maximum Gasteiger partial charge on any atom is 0.188 e. The van der Waals surface area contributed by atoms with E-state index < -0.39 is 0 Å². The van der Waals surface area contributed by atoms with Gasteiger partial charge in [0.2, 0.25) is 0 Å². The Hall–Kier alpha value is -1.25. The lowest BCUT2D eigenvalue weighted by atomic mass is 10.0. The van der Waals surface area contributed by atoms with E-state index in [0.717, 1.165) is 5.56 Å². The molecule has 0 aliphatic carbocycles. The first-order valence-electron chi connectivity index (χ1n) is 5.10. The van der Waals surface area contributed by atoms with Crippen molar-refractivity contribution in [2.24, 2.45) is 0 Å². The molecule has 0 N–H and O–H groups in total. The van der Waals surface area contributed by atoms with Crippen LogP contribution in [0.5, 0.6) is 0 Å². The van der Waals surface area contributed by atoms with Gasteiger partial charge in [-0.05, 0) is 24.6 Å². The summed E-state index contributed by atoms with van der Waals surface area (Å²) >= 11 is 12.1. The highest BCUT2D eigenvalue weighted by molar-refractivity contribution is 6.36.